The Labute approximate surface area is 87.0 Å². The van der Waals surface area contributed by atoms with Gasteiger partial charge >= 0.3 is 12.1 Å². The van der Waals surface area contributed by atoms with E-state index in [2.05, 4.69) is 5.32 Å². The Bertz CT molecular complexity index is 208. The Morgan fingerprint density at radius 2 is 1.80 bits per heavy atom. The van der Waals surface area contributed by atoms with Gasteiger partial charge in [0.2, 0.25) is 0 Å². The van der Waals surface area contributed by atoms with E-state index in [1.54, 1.807) is 20.8 Å². The Hall–Kier alpha value is -0.780. The topological polar surface area (TPSA) is 38.3 Å². The summed E-state index contributed by atoms with van der Waals surface area (Å²) < 4.78 is 40.0. The smallest absolute Gasteiger partial charge is 0.390 e. The van der Waals surface area contributed by atoms with Crippen molar-refractivity contribution < 1.29 is 22.7 Å². The van der Waals surface area contributed by atoms with Crippen LogP contribution in [-0.2, 0) is 9.53 Å². The summed E-state index contributed by atoms with van der Waals surface area (Å²) in [7, 11) is 0. The van der Waals surface area contributed by atoms with Crippen molar-refractivity contribution in [1.82, 2.24) is 5.32 Å². The summed E-state index contributed by atoms with van der Waals surface area (Å²) in [6.45, 7) is 4.61. The van der Waals surface area contributed by atoms with E-state index in [1.807, 2.05) is 0 Å². The molecule has 0 fully saturated rings. The second-order valence-corrected chi connectivity index (χ2v) is 4.13. The maximum Gasteiger partial charge on any atom is 0.390 e. The minimum atomic E-state index is -4.19. The van der Waals surface area contributed by atoms with Crippen LogP contribution in [0.3, 0.4) is 0 Å². The first-order chi connectivity index (χ1) is 6.60. The Morgan fingerprint density at radius 1 is 1.27 bits per heavy atom. The first kappa shape index (κ1) is 14.2. The summed E-state index contributed by atoms with van der Waals surface area (Å²) in [6.07, 6.45) is -5.14. The third-order valence-corrected chi connectivity index (χ3v) is 1.27. The van der Waals surface area contributed by atoms with Crippen LogP contribution in [0.25, 0.3) is 0 Å². The fourth-order valence-corrected chi connectivity index (χ4v) is 0.798. The lowest BCUT2D eigenvalue weighted by Gasteiger charge is -2.19. The van der Waals surface area contributed by atoms with Crippen molar-refractivity contribution in [2.45, 2.75) is 39.0 Å². The lowest BCUT2D eigenvalue weighted by atomic mass is 10.2. The lowest BCUT2D eigenvalue weighted by Crippen LogP contribution is -2.33. The molecule has 1 N–H and O–H groups in total. The zero-order valence-electron chi connectivity index (χ0n) is 9.07. The van der Waals surface area contributed by atoms with Gasteiger partial charge in [-0.15, -0.1) is 0 Å². The summed E-state index contributed by atoms with van der Waals surface area (Å²) in [6, 6.07) is 0. The van der Waals surface area contributed by atoms with E-state index in [1.165, 1.54) is 0 Å². The molecule has 15 heavy (non-hydrogen) atoms. The van der Waals surface area contributed by atoms with Gasteiger partial charge in [-0.05, 0) is 20.8 Å². The molecule has 0 atom stereocenters. The molecule has 0 aliphatic carbocycles. The summed E-state index contributed by atoms with van der Waals surface area (Å²) in [5.41, 5.74) is -0.608. The molecule has 0 spiro atoms. The predicted octanol–water partition coefficient (Wildman–Crippen LogP) is 1.87. The van der Waals surface area contributed by atoms with Gasteiger partial charge in [0.1, 0.15) is 5.60 Å². The number of nitrogens with one attached hydrogen (secondary N) is 1. The normalized spacial score (nSPS) is 12.7. The molecule has 0 saturated heterocycles. The van der Waals surface area contributed by atoms with Crippen molar-refractivity contribution in [2.75, 3.05) is 13.1 Å². The van der Waals surface area contributed by atoms with Crippen LogP contribution in [-0.4, -0.2) is 30.8 Å². The number of hydrogen-bond acceptors (Lipinski definition) is 3. The zero-order chi connectivity index (χ0) is 12.1. The number of hydrogen-bond donors (Lipinski definition) is 1. The van der Waals surface area contributed by atoms with Gasteiger partial charge in [0.05, 0.1) is 13.0 Å². The molecule has 6 heteroatoms. The average molecular weight is 227 g/mol. The van der Waals surface area contributed by atoms with Crippen LogP contribution in [0.5, 0.6) is 0 Å². The fraction of sp³-hybridized carbons (Fsp3) is 0.889. The van der Waals surface area contributed by atoms with Gasteiger partial charge in [-0.2, -0.15) is 13.2 Å². The Balaban J connectivity index is 3.57. The van der Waals surface area contributed by atoms with E-state index in [-0.39, 0.29) is 13.1 Å². The number of esters is 1. The molecule has 0 heterocycles. The van der Waals surface area contributed by atoms with Gasteiger partial charge in [0, 0.05) is 6.54 Å². The van der Waals surface area contributed by atoms with Gasteiger partial charge < -0.3 is 10.1 Å². The van der Waals surface area contributed by atoms with Crippen molar-refractivity contribution in [1.29, 1.82) is 0 Å². The van der Waals surface area contributed by atoms with Gasteiger partial charge in [-0.25, -0.2) is 0 Å². The van der Waals surface area contributed by atoms with E-state index in [9.17, 15) is 18.0 Å². The quantitative estimate of drug-likeness (QED) is 0.588. The SMILES string of the molecule is CC(C)(C)OC(=O)CNCCC(F)(F)F. The second-order valence-electron chi connectivity index (χ2n) is 4.13. The first-order valence-corrected chi connectivity index (χ1v) is 4.59. The monoisotopic (exact) mass is 227 g/mol. The highest BCUT2D eigenvalue weighted by molar-refractivity contribution is 5.72. The molecule has 3 nitrogen and oxygen atoms in total. The molecule has 90 valence electrons. The van der Waals surface area contributed by atoms with E-state index in [0.29, 0.717) is 0 Å². The van der Waals surface area contributed by atoms with Crippen LogP contribution in [0.15, 0.2) is 0 Å². The van der Waals surface area contributed by atoms with E-state index in [0.717, 1.165) is 0 Å². The second kappa shape index (κ2) is 5.34. The molecule has 0 aromatic carbocycles. The van der Waals surface area contributed by atoms with Crippen LogP contribution in [0.2, 0.25) is 0 Å². The number of halogens is 3. The summed E-state index contributed by atoms with van der Waals surface area (Å²) in [5.74, 6) is -0.551. The zero-order valence-corrected chi connectivity index (χ0v) is 9.07. The minimum absolute atomic E-state index is 0.201. The van der Waals surface area contributed by atoms with Crippen molar-refractivity contribution in [3.8, 4) is 0 Å². The van der Waals surface area contributed by atoms with Crippen LogP contribution in [0.1, 0.15) is 27.2 Å². The molecule has 0 amide bonds. The van der Waals surface area contributed by atoms with Gasteiger partial charge in [-0.3, -0.25) is 4.79 Å². The molecule has 0 aromatic rings. The third kappa shape index (κ3) is 11.1. The number of alkyl halides is 3. The largest absolute Gasteiger partial charge is 0.459 e. The molecule has 0 saturated carbocycles. The van der Waals surface area contributed by atoms with Gasteiger partial charge in [-0.1, -0.05) is 0 Å². The van der Waals surface area contributed by atoms with Crippen molar-refractivity contribution in [3.63, 3.8) is 0 Å². The molecule has 0 aliphatic rings. The molecule has 0 radical (unpaired) electrons. The minimum Gasteiger partial charge on any atom is -0.459 e. The van der Waals surface area contributed by atoms with Crippen LogP contribution in [0.4, 0.5) is 13.2 Å². The Kier molecular flexibility index (Phi) is 5.07. The molecule has 0 rings (SSSR count). The third-order valence-electron chi connectivity index (χ3n) is 1.27. The van der Waals surface area contributed by atoms with E-state index < -0.39 is 24.2 Å². The van der Waals surface area contributed by atoms with Crippen LogP contribution >= 0.6 is 0 Å². The number of carbonyl (C=O) groups excluding carboxylic acids is 1. The maximum absolute atomic E-state index is 11.7. The van der Waals surface area contributed by atoms with Gasteiger partial charge in [0.15, 0.2) is 0 Å². The number of rotatable bonds is 4. The summed E-state index contributed by atoms with van der Waals surface area (Å²) >= 11 is 0. The summed E-state index contributed by atoms with van der Waals surface area (Å²) in [4.78, 5) is 11.0. The van der Waals surface area contributed by atoms with Gasteiger partial charge in [0.25, 0.3) is 0 Å². The fourth-order valence-electron chi connectivity index (χ4n) is 0.798. The highest BCUT2D eigenvalue weighted by Crippen LogP contribution is 2.18. The standard InChI is InChI=1S/C9H16F3NO2/c1-8(2,3)15-7(14)6-13-5-4-9(10,11)12/h13H,4-6H2,1-3H3. The number of ether oxygens (including phenoxy) is 1. The molecule has 0 unspecified atom stereocenters. The van der Waals surface area contributed by atoms with Crippen molar-refractivity contribution in [2.24, 2.45) is 0 Å². The molecule has 0 aromatic heterocycles. The molecular weight excluding hydrogens is 211 g/mol. The molecule has 0 aliphatic heterocycles. The van der Waals surface area contributed by atoms with Crippen LogP contribution in [0, 0.1) is 0 Å². The average Bonchev–Trinajstić information content (AvgIpc) is 1.92. The summed E-state index contributed by atoms with van der Waals surface area (Å²) in [5, 5.41) is 2.37. The highest BCUT2D eigenvalue weighted by Gasteiger charge is 2.26. The van der Waals surface area contributed by atoms with Crippen molar-refractivity contribution in [3.05, 3.63) is 0 Å². The predicted molar refractivity (Wildman–Crippen MR) is 49.4 cm³/mol. The number of carbonyl (C=O) groups is 1. The molecular formula is C9H16F3NO2. The van der Waals surface area contributed by atoms with Crippen molar-refractivity contribution >= 4 is 5.97 Å². The van der Waals surface area contributed by atoms with E-state index >= 15 is 0 Å². The first-order valence-electron chi connectivity index (χ1n) is 4.59. The van der Waals surface area contributed by atoms with E-state index in [4.69, 9.17) is 4.74 Å². The lowest BCUT2D eigenvalue weighted by molar-refractivity contribution is -0.154. The maximum atomic E-state index is 11.7. The highest BCUT2D eigenvalue weighted by atomic mass is 19.4. The molecule has 0 bridgehead atoms. The Morgan fingerprint density at radius 3 is 2.20 bits per heavy atom. The van der Waals surface area contributed by atoms with Crippen LogP contribution < -0.4 is 5.32 Å².